The van der Waals surface area contributed by atoms with Gasteiger partial charge < -0.3 is 10.6 Å². The van der Waals surface area contributed by atoms with Crippen LogP contribution >= 0.6 is 38.9 Å². The number of hydrogen-bond donors (Lipinski definition) is 1. The molecular formula is C12H12BrClN2S. The van der Waals surface area contributed by atoms with Gasteiger partial charge in [-0.25, -0.2) is 0 Å². The van der Waals surface area contributed by atoms with E-state index in [1.54, 1.807) is 17.4 Å². The Balaban J connectivity index is 2.20. The minimum Gasteiger partial charge on any atom is -0.396 e. The molecule has 90 valence electrons. The predicted molar refractivity (Wildman–Crippen MR) is 80.0 cm³/mol. The Morgan fingerprint density at radius 2 is 2.24 bits per heavy atom. The molecule has 0 fully saturated rings. The van der Waals surface area contributed by atoms with Crippen LogP contribution in [0.2, 0.25) is 5.02 Å². The van der Waals surface area contributed by atoms with Crippen LogP contribution in [0.25, 0.3) is 0 Å². The molecule has 0 saturated carbocycles. The molecule has 1 aromatic carbocycles. The number of thiophene rings is 1. The molecule has 0 aliphatic carbocycles. The number of nitrogen functional groups attached to an aromatic ring is 1. The Kier molecular flexibility index (Phi) is 3.97. The summed E-state index contributed by atoms with van der Waals surface area (Å²) in [7, 11) is 2.01. The number of anilines is 2. The first-order valence-electron chi connectivity index (χ1n) is 5.06. The van der Waals surface area contributed by atoms with Crippen LogP contribution in [0.3, 0.4) is 0 Å². The quantitative estimate of drug-likeness (QED) is 0.846. The zero-order valence-electron chi connectivity index (χ0n) is 9.28. The average molecular weight is 332 g/mol. The van der Waals surface area contributed by atoms with Crippen LogP contribution in [-0.2, 0) is 6.54 Å². The maximum absolute atomic E-state index is 6.01. The topological polar surface area (TPSA) is 29.3 Å². The molecule has 0 aliphatic rings. The molecule has 5 heteroatoms. The first-order chi connectivity index (χ1) is 8.08. The van der Waals surface area contributed by atoms with Gasteiger partial charge in [0.2, 0.25) is 0 Å². The normalized spacial score (nSPS) is 10.5. The standard InChI is InChI=1S/C12H12BrClN2S/c1-16(6-8-5-11(13)17-7-8)10-4-2-3-9(14)12(10)15/h2-5,7H,6,15H2,1H3. The van der Waals surface area contributed by atoms with E-state index in [0.29, 0.717) is 10.7 Å². The van der Waals surface area contributed by atoms with Gasteiger partial charge in [-0.05, 0) is 45.1 Å². The largest absolute Gasteiger partial charge is 0.396 e. The third-order valence-corrected chi connectivity index (χ3v) is 4.37. The van der Waals surface area contributed by atoms with E-state index in [4.69, 9.17) is 17.3 Å². The maximum atomic E-state index is 6.01. The van der Waals surface area contributed by atoms with Gasteiger partial charge in [-0.1, -0.05) is 17.7 Å². The highest BCUT2D eigenvalue weighted by Gasteiger charge is 2.09. The lowest BCUT2D eigenvalue weighted by atomic mass is 10.2. The van der Waals surface area contributed by atoms with Gasteiger partial charge in [0.25, 0.3) is 0 Å². The molecule has 0 amide bonds. The van der Waals surface area contributed by atoms with Crippen molar-refractivity contribution >= 4 is 50.2 Å². The second-order valence-electron chi connectivity index (χ2n) is 3.79. The van der Waals surface area contributed by atoms with Crippen LogP contribution in [0.15, 0.2) is 33.4 Å². The van der Waals surface area contributed by atoms with E-state index >= 15 is 0 Å². The van der Waals surface area contributed by atoms with Gasteiger partial charge in [0.15, 0.2) is 0 Å². The van der Waals surface area contributed by atoms with Gasteiger partial charge in [-0.2, -0.15) is 0 Å². The highest BCUT2D eigenvalue weighted by Crippen LogP contribution is 2.31. The number of nitrogens with two attached hydrogens (primary N) is 1. The molecule has 0 radical (unpaired) electrons. The molecule has 1 heterocycles. The second kappa shape index (κ2) is 5.29. The molecule has 0 aliphatic heterocycles. The third-order valence-electron chi connectivity index (χ3n) is 2.48. The van der Waals surface area contributed by atoms with E-state index in [0.717, 1.165) is 16.0 Å². The second-order valence-corrected chi connectivity index (χ2v) is 6.49. The van der Waals surface area contributed by atoms with Crippen LogP contribution in [0.4, 0.5) is 11.4 Å². The highest BCUT2D eigenvalue weighted by molar-refractivity contribution is 9.11. The van der Waals surface area contributed by atoms with Crippen molar-refractivity contribution in [2.24, 2.45) is 0 Å². The Bertz CT molecular complexity index is 527. The van der Waals surface area contributed by atoms with Crippen molar-refractivity contribution in [1.82, 2.24) is 0 Å². The molecule has 17 heavy (non-hydrogen) atoms. The van der Waals surface area contributed by atoms with Crippen molar-refractivity contribution in [3.8, 4) is 0 Å². The number of para-hydroxylation sites is 1. The van der Waals surface area contributed by atoms with Crippen LogP contribution in [0, 0.1) is 0 Å². The summed E-state index contributed by atoms with van der Waals surface area (Å²) in [4.78, 5) is 2.09. The first-order valence-corrected chi connectivity index (χ1v) is 7.11. The van der Waals surface area contributed by atoms with E-state index in [9.17, 15) is 0 Å². The molecule has 2 rings (SSSR count). The molecular weight excluding hydrogens is 320 g/mol. The Morgan fingerprint density at radius 1 is 1.47 bits per heavy atom. The minimum absolute atomic E-state index is 0.598. The fourth-order valence-electron chi connectivity index (χ4n) is 1.65. The number of rotatable bonds is 3. The summed E-state index contributed by atoms with van der Waals surface area (Å²) in [6, 6.07) is 7.80. The highest BCUT2D eigenvalue weighted by atomic mass is 79.9. The van der Waals surface area contributed by atoms with Crippen molar-refractivity contribution in [2.75, 3.05) is 17.7 Å². The van der Waals surface area contributed by atoms with Gasteiger partial charge >= 0.3 is 0 Å². The summed E-state index contributed by atoms with van der Waals surface area (Å²) < 4.78 is 1.14. The zero-order valence-corrected chi connectivity index (χ0v) is 12.4. The van der Waals surface area contributed by atoms with Crippen LogP contribution in [0.5, 0.6) is 0 Å². The lowest BCUT2D eigenvalue weighted by Gasteiger charge is -2.21. The van der Waals surface area contributed by atoms with Gasteiger partial charge in [-0.3, -0.25) is 0 Å². The van der Waals surface area contributed by atoms with Crippen LogP contribution < -0.4 is 10.6 Å². The van der Waals surface area contributed by atoms with Crippen LogP contribution in [-0.4, -0.2) is 7.05 Å². The molecule has 0 saturated heterocycles. The number of nitrogens with zero attached hydrogens (tertiary/aromatic N) is 1. The van der Waals surface area contributed by atoms with Gasteiger partial charge in [0.05, 0.1) is 20.2 Å². The van der Waals surface area contributed by atoms with E-state index in [1.165, 1.54) is 5.56 Å². The lowest BCUT2D eigenvalue weighted by Crippen LogP contribution is -2.17. The van der Waals surface area contributed by atoms with E-state index < -0.39 is 0 Å². The summed E-state index contributed by atoms with van der Waals surface area (Å²) in [5, 5.41) is 2.72. The fraction of sp³-hybridized carbons (Fsp3) is 0.167. The van der Waals surface area contributed by atoms with Gasteiger partial charge in [-0.15, -0.1) is 11.3 Å². The molecule has 2 aromatic rings. The maximum Gasteiger partial charge on any atom is 0.0741 e. The smallest absolute Gasteiger partial charge is 0.0741 e. The summed E-state index contributed by atoms with van der Waals surface area (Å²) >= 11 is 11.1. The molecule has 2 N–H and O–H groups in total. The number of hydrogen-bond acceptors (Lipinski definition) is 3. The molecule has 0 atom stereocenters. The number of halogens is 2. The van der Waals surface area contributed by atoms with Gasteiger partial charge in [0.1, 0.15) is 0 Å². The molecule has 1 aromatic heterocycles. The van der Waals surface area contributed by atoms with Crippen molar-refractivity contribution in [1.29, 1.82) is 0 Å². The molecule has 0 unspecified atom stereocenters. The fourth-order valence-corrected chi connectivity index (χ4v) is 3.02. The van der Waals surface area contributed by atoms with E-state index in [1.807, 2.05) is 19.2 Å². The van der Waals surface area contributed by atoms with Crippen molar-refractivity contribution < 1.29 is 0 Å². The summed E-state index contributed by atoms with van der Waals surface area (Å²) in [5.41, 5.74) is 8.80. The summed E-state index contributed by atoms with van der Waals surface area (Å²) in [5.74, 6) is 0. The first kappa shape index (κ1) is 12.7. The van der Waals surface area contributed by atoms with Crippen molar-refractivity contribution in [3.63, 3.8) is 0 Å². The van der Waals surface area contributed by atoms with Gasteiger partial charge in [0, 0.05) is 13.6 Å². The Morgan fingerprint density at radius 3 is 2.88 bits per heavy atom. The SMILES string of the molecule is CN(Cc1csc(Br)c1)c1cccc(Cl)c1N. The third kappa shape index (κ3) is 2.94. The predicted octanol–water partition coefficient (Wildman–Crippen LogP) is 4.38. The van der Waals surface area contributed by atoms with Crippen molar-refractivity contribution in [3.05, 3.63) is 44.0 Å². The molecule has 0 bridgehead atoms. The molecule has 0 spiro atoms. The Hall–Kier alpha value is -0.710. The number of benzene rings is 1. The monoisotopic (exact) mass is 330 g/mol. The van der Waals surface area contributed by atoms with Crippen LogP contribution in [0.1, 0.15) is 5.56 Å². The summed E-state index contributed by atoms with van der Waals surface area (Å²) in [6.07, 6.45) is 0. The summed E-state index contributed by atoms with van der Waals surface area (Å²) in [6.45, 7) is 0.812. The van der Waals surface area contributed by atoms with E-state index in [-0.39, 0.29) is 0 Å². The minimum atomic E-state index is 0.598. The Labute approximate surface area is 118 Å². The lowest BCUT2D eigenvalue weighted by molar-refractivity contribution is 0.929. The average Bonchev–Trinajstić information content (AvgIpc) is 2.68. The molecule has 2 nitrogen and oxygen atoms in total. The van der Waals surface area contributed by atoms with E-state index in [2.05, 4.69) is 32.3 Å². The van der Waals surface area contributed by atoms with Crippen molar-refractivity contribution in [2.45, 2.75) is 6.54 Å². The zero-order chi connectivity index (χ0) is 12.4.